The van der Waals surface area contributed by atoms with Gasteiger partial charge in [-0.3, -0.25) is 10.1 Å². The van der Waals surface area contributed by atoms with Crippen molar-refractivity contribution >= 4 is 43.4 Å². The van der Waals surface area contributed by atoms with Crippen molar-refractivity contribution in [2.45, 2.75) is 17.2 Å². The van der Waals surface area contributed by atoms with Gasteiger partial charge in [0.1, 0.15) is 4.21 Å². The average Bonchev–Trinajstić information content (AvgIpc) is 3.03. The van der Waals surface area contributed by atoms with Crippen LogP contribution in [0.2, 0.25) is 0 Å². The van der Waals surface area contributed by atoms with Gasteiger partial charge in [-0.2, -0.15) is 4.31 Å². The minimum Gasteiger partial charge on any atom is -0.385 e. The monoisotopic (exact) mass is 345 g/mol. The predicted molar refractivity (Wildman–Crippen MR) is 81.0 cm³/mol. The van der Waals surface area contributed by atoms with Gasteiger partial charge >= 0.3 is 5.69 Å². The van der Waals surface area contributed by atoms with E-state index in [1.807, 2.05) is 11.4 Å². The number of nitrogens with two attached hydrogens (primary N) is 1. The number of nitrogens with zero attached hydrogens (tertiary/aromatic N) is 2. The summed E-state index contributed by atoms with van der Waals surface area (Å²) in [5.74, 6) is 0. The molecule has 2 aromatic heterocycles. The van der Waals surface area contributed by atoms with Crippen molar-refractivity contribution in [2.75, 3.05) is 12.3 Å². The maximum atomic E-state index is 12.6. The van der Waals surface area contributed by atoms with E-state index in [0.717, 1.165) is 23.0 Å². The molecule has 0 unspecified atom stereocenters. The Morgan fingerprint density at radius 2 is 2.19 bits per heavy atom. The highest BCUT2D eigenvalue weighted by atomic mass is 32.2. The van der Waals surface area contributed by atoms with Crippen LogP contribution in [0.25, 0.3) is 0 Å². The number of hydrogen-bond acceptors (Lipinski definition) is 7. The Morgan fingerprint density at radius 3 is 2.86 bits per heavy atom. The van der Waals surface area contributed by atoms with Crippen LogP contribution in [0, 0.1) is 10.1 Å². The summed E-state index contributed by atoms with van der Waals surface area (Å²) in [6.07, 6.45) is 0.662. The quantitative estimate of drug-likeness (QED) is 0.677. The van der Waals surface area contributed by atoms with E-state index in [2.05, 4.69) is 0 Å². The van der Waals surface area contributed by atoms with Crippen molar-refractivity contribution in [2.24, 2.45) is 0 Å². The van der Waals surface area contributed by atoms with E-state index in [1.165, 1.54) is 9.18 Å². The molecule has 112 valence electrons. The minimum absolute atomic E-state index is 0.0784. The highest BCUT2D eigenvalue weighted by molar-refractivity contribution is 7.91. The third-order valence-corrected chi connectivity index (χ3v) is 7.55. The highest BCUT2D eigenvalue weighted by Gasteiger charge is 2.32. The molecule has 2 N–H and O–H groups in total. The Labute approximate surface area is 128 Å². The van der Waals surface area contributed by atoms with E-state index in [-0.39, 0.29) is 14.9 Å². The molecule has 0 fully saturated rings. The molecule has 3 rings (SSSR count). The molecule has 0 aliphatic carbocycles. The maximum Gasteiger partial charge on any atom is 0.304 e. The molecule has 10 heteroatoms. The fourth-order valence-electron chi connectivity index (χ4n) is 2.20. The number of nitro groups is 1. The summed E-state index contributed by atoms with van der Waals surface area (Å²) in [4.78, 5) is 11.3. The molecule has 0 saturated heterocycles. The van der Waals surface area contributed by atoms with Gasteiger partial charge in [0.25, 0.3) is 10.0 Å². The lowest BCUT2D eigenvalue weighted by molar-refractivity contribution is -0.383. The first-order valence-corrected chi connectivity index (χ1v) is 9.12. The van der Waals surface area contributed by atoms with Crippen LogP contribution in [-0.2, 0) is 23.0 Å². The Kier molecular flexibility index (Phi) is 3.48. The molecule has 2 aromatic rings. The van der Waals surface area contributed by atoms with Crippen molar-refractivity contribution < 1.29 is 13.3 Å². The Bertz CT molecular complexity index is 809. The fourth-order valence-corrected chi connectivity index (χ4v) is 5.88. The standard InChI is InChI=1S/C11H11N3O4S3/c12-11-8(14(15)16)5-10(20-11)21(17,18)13-3-1-9-7(6-13)2-4-19-9/h2,4-5H,1,3,6,12H2. The molecule has 21 heavy (non-hydrogen) atoms. The minimum atomic E-state index is -3.75. The van der Waals surface area contributed by atoms with Crippen LogP contribution in [-0.4, -0.2) is 24.2 Å². The van der Waals surface area contributed by atoms with E-state index in [1.54, 1.807) is 11.3 Å². The lowest BCUT2D eigenvalue weighted by Crippen LogP contribution is -2.34. The molecule has 1 aliphatic heterocycles. The van der Waals surface area contributed by atoms with Crippen LogP contribution in [0.5, 0.6) is 0 Å². The van der Waals surface area contributed by atoms with Gasteiger partial charge in [0.05, 0.1) is 4.92 Å². The first-order chi connectivity index (χ1) is 9.89. The first kappa shape index (κ1) is 14.4. The summed E-state index contributed by atoms with van der Waals surface area (Å²) in [5, 5.41) is 12.6. The second kappa shape index (κ2) is 5.05. The molecule has 0 aromatic carbocycles. The number of thiophene rings is 2. The van der Waals surface area contributed by atoms with Gasteiger partial charge in [0.2, 0.25) is 0 Å². The van der Waals surface area contributed by atoms with Gasteiger partial charge in [0, 0.05) is 24.0 Å². The van der Waals surface area contributed by atoms with Crippen LogP contribution >= 0.6 is 22.7 Å². The molecule has 3 heterocycles. The van der Waals surface area contributed by atoms with Gasteiger partial charge in [0.15, 0.2) is 5.00 Å². The Morgan fingerprint density at radius 1 is 1.43 bits per heavy atom. The van der Waals surface area contributed by atoms with Gasteiger partial charge in [-0.05, 0) is 23.4 Å². The lowest BCUT2D eigenvalue weighted by atomic mass is 10.1. The number of hydrogen-bond donors (Lipinski definition) is 1. The fraction of sp³-hybridized carbons (Fsp3) is 0.273. The van der Waals surface area contributed by atoms with Gasteiger partial charge in [-0.15, -0.1) is 11.3 Å². The van der Waals surface area contributed by atoms with Gasteiger partial charge in [-0.1, -0.05) is 11.3 Å². The average molecular weight is 345 g/mol. The molecular weight excluding hydrogens is 334 g/mol. The molecular formula is C11H11N3O4S3. The molecule has 1 aliphatic rings. The third kappa shape index (κ3) is 2.44. The Balaban J connectivity index is 1.95. The topological polar surface area (TPSA) is 107 Å². The SMILES string of the molecule is Nc1sc(S(=O)(=O)N2CCc3sccc3C2)cc1[N+](=O)[O-]. The van der Waals surface area contributed by atoms with Crippen LogP contribution in [0.15, 0.2) is 21.7 Å². The van der Waals surface area contributed by atoms with E-state index < -0.39 is 14.9 Å². The predicted octanol–water partition coefficient (Wildman–Crippen LogP) is 2.05. The second-order valence-electron chi connectivity index (χ2n) is 4.53. The maximum absolute atomic E-state index is 12.6. The van der Waals surface area contributed by atoms with E-state index in [4.69, 9.17) is 5.73 Å². The van der Waals surface area contributed by atoms with Crippen molar-refractivity contribution in [3.63, 3.8) is 0 Å². The zero-order chi connectivity index (χ0) is 15.2. The molecule has 0 spiro atoms. The van der Waals surface area contributed by atoms with Crippen molar-refractivity contribution in [3.05, 3.63) is 38.1 Å². The molecule has 0 saturated carbocycles. The second-order valence-corrected chi connectivity index (χ2v) is 8.78. The summed E-state index contributed by atoms with van der Waals surface area (Å²) in [5.41, 5.74) is 6.16. The molecule has 0 atom stereocenters. The van der Waals surface area contributed by atoms with Crippen LogP contribution in [0.1, 0.15) is 10.4 Å². The van der Waals surface area contributed by atoms with Crippen LogP contribution in [0.3, 0.4) is 0 Å². The zero-order valence-electron chi connectivity index (χ0n) is 10.7. The van der Waals surface area contributed by atoms with E-state index in [0.29, 0.717) is 19.5 Å². The molecule has 0 bridgehead atoms. The highest BCUT2D eigenvalue weighted by Crippen LogP contribution is 2.37. The summed E-state index contributed by atoms with van der Waals surface area (Å²) < 4.78 is 26.4. The van der Waals surface area contributed by atoms with E-state index in [9.17, 15) is 18.5 Å². The number of anilines is 1. The largest absolute Gasteiger partial charge is 0.385 e. The van der Waals surface area contributed by atoms with Crippen LogP contribution in [0.4, 0.5) is 10.7 Å². The number of sulfonamides is 1. The molecule has 7 nitrogen and oxygen atoms in total. The smallest absolute Gasteiger partial charge is 0.304 e. The summed E-state index contributed by atoms with van der Waals surface area (Å²) >= 11 is 2.35. The molecule has 0 amide bonds. The van der Waals surface area contributed by atoms with Gasteiger partial charge < -0.3 is 5.73 Å². The van der Waals surface area contributed by atoms with Crippen molar-refractivity contribution in [1.29, 1.82) is 0 Å². The van der Waals surface area contributed by atoms with E-state index >= 15 is 0 Å². The van der Waals surface area contributed by atoms with Crippen molar-refractivity contribution in [3.8, 4) is 0 Å². The Hall–Kier alpha value is -1.49. The number of fused-ring (bicyclic) bond motifs is 1. The lowest BCUT2D eigenvalue weighted by Gasteiger charge is -2.25. The first-order valence-electron chi connectivity index (χ1n) is 5.98. The third-order valence-electron chi connectivity index (χ3n) is 3.28. The van der Waals surface area contributed by atoms with Gasteiger partial charge in [-0.25, -0.2) is 8.42 Å². The summed E-state index contributed by atoms with van der Waals surface area (Å²) in [6, 6.07) is 2.95. The zero-order valence-corrected chi connectivity index (χ0v) is 13.1. The summed E-state index contributed by atoms with van der Waals surface area (Å²) in [7, 11) is -3.75. The number of rotatable bonds is 3. The van der Waals surface area contributed by atoms with Crippen LogP contribution < -0.4 is 5.73 Å². The molecule has 0 radical (unpaired) electrons. The van der Waals surface area contributed by atoms with Crippen molar-refractivity contribution in [1.82, 2.24) is 4.31 Å². The number of nitrogen functional groups attached to an aromatic ring is 1. The normalized spacial score (nSPS) is 15.8. The summed E-state index contributed by atoms with van der Waals surface area (Å²) in [6.45, 7) is 0.675.